The first kappa shape index (κ1) is 12.7. The summed E-state index contributed by atoms with van der Waals surface area (Å²) in [4.78, 5) is 2.95. The lowest BCUT2D eigenvalue weighted by Crippen LogP contribution is -2.24. The molecular formula is C9H14N6O2S. The van der Waals surface area contributed by atoms with E-state index in [1.807, 2.05) is 0 Å². The lowest BCUT2D eigenvalue weighted by Gasteiger charge is -2.03. The Hall–Kier alpha value is -1.71. The second kappa shape index (κ2) is 4.88. The van der Waals surface area contributed by atoms with Crippen LogP contribution in [0.15, 0.2) is 23.5 Å². The van der Waals surface area contributed by atoms with Gasteiger partial charge in [0.2, 0.25) is 10.0 Å². The van der Waals surface area contributed by atoms with Crippen LogP contribution >= 0.6 is 0 Å². The van der Waals surface area contributed by atoms with Crippen LogP contribution in [0.3, 0.4) is 0 Å². The summed E-state index contributed by atoms with van der Waals surface area (Å²) >= 11 is 0. The van der Waals surface area contributed by atoms with Crippen molar-refractivity contribution in [1.29, 1.82) is 0 Å². The second-order valence-electron chi connectivity index (χ2n) is 3.75. The fraction of sp³-hybridized carbons (Fsp3) is 0.333. The van der Waals surface area contributed by atoms with Gasteiger partial charge >= 0.3 is 0 Å². The van der Waals surface area contributed by atoms with Gasteiger partial charge in [0.1, 0.15) is 12.2 Å². The van der Waals surface area contributed by atoms with E-state index in [0.29, 0.717) is 11.5 Å². The maximum Gasteiger partial charge on any atom is 0.242 e. The Kier molecular flexibility index (Phi) is 3.45. The molecule has 0 saturated carbocycles. The number of sulfonamides is 1. The van der Waals surface area contributed by atoms with Gasteiger partial charge in [-0.1, -0.05) is 0 Å². The van der Waals surface area contributed by atoms with E-state index >= 15 is 0 Å². The number of nitrogens with zero attached hydrogens (tertiary/aromatic N) is 3. The molecule has 0 aliphatic carbocycles. The summed E-state index contributed by atoms with van der Waals surface area (Å²) < 4.78 is 28.0. The zero-order chi connectivity index (χ0) is 13.2. The van der Waals surface area contributed by atoms with Gasteiger partial charge in [-0.3, -0.25) is 0 Å². The van der Waals surface area contributed by atoms with Crippen LogP contribution in [-0.2, 0) is 30.2 Å². The van der Waals surface area contributed by atoms with Crippen LogP contribution < -0.4 is 10.5 Å². The zero-order valence-corrected chi connectivity index (χ0v) is 10.6. The van der Waals surface area contributed by atoms with Gasteiger partial charge in [0.05, 0.1) is 11.4 Å². The first-order valence-corrected chi connectivity index (χ1v) is 6.71. The maximum atomic E-state index is 11.9. The van der Waals surface area contributed by atoms with Crippen LogP contribution in [0.2, 0.25) is 0 Å². The quantitative estimate of drug-likeness (QED) is 0.649. The highest BCUT2D eigenvalue weighted by Gasteiger charge is 2.16. The van der Waals surface area contributed by atoms with Crippen LogP contribution in [0.25, 0.3) is 0 Å². The molecule has 18 heavy (non-hydrogen) atoms. The Morgan fingerprint density at radius 3 is 2.89 bits per heavy atom. The molecule has 0 spiro atoms. The number of aryl methyl sites for hydroxylation is 1. The number of rotatable bonds is 5. The molecule has 8 nitrogen and oxygen atoms in total. The van der Waals surface area contributed by atoms with Crippen molar-refractivity contribution in [1.82, 2.24) is 24.5 Å². The second-order valence-corrected chi connectivity index (χ2v) is 5.51. The molecular weight excluding hydrogens is 256 g/mol. The SMILES string of the molecule is Cn1cnnc1CNS(=O)(=O)c1c[nH]c(CN)c1. The lowest BCUT2D eigenvalue weighted by molar-refractivity contribution is 0.577. The number of hydrogen-bond acceptors (Lipinski definition) is 5. The number of nitrogens with two attached hydrogens (primary N) is 1. The van der Waals surface area contributed by atoms with E-state index in [1.165, 1.54) is 18.6 Å². The van der Waals surface area contributed by atoms with E-state index in [2.05, 4.69) is 19.9 Å². The summed E-state index contributed by atoms with van der Waals surface area (Å²) in [5.74, 6) is 0.535. The van der Waals surface area contributed by atoms with Crippen LogP contribution in [0.5, 0.6) is 0 Å². The number of aromatic amines is 1. The monoisotopic (exact) mass is 270 g/mol. The molecule has 0 unspecified atom stereocenters. The van der Waals surface area contributed by atoms with E-state index in [4.69, 9.17) is 5.73 Å². The van der Waals surface area contributed by atoms with Crippen molar-refractivity contribution in [3.63, 3.8) is 0 Å². The van der Waals surface area contributed by atoms with Gasteiger partial charge in [-0.05, 0) is 6.07 Å². The third-order valence-corrected chi connectivity index (χ3v) is 3.85. The molecule has 2 aromatic rings. The van der Waals surface area contributed by atoms with Crippen molar-refractivity contribution in [3.05, 3.63) is 30.1 Å². The van der Waals surface area contributed by atoms with E-state index in [1.54, 1.807) is 11.6 Å². The fourth-order valence-electron chi connectivity index (χ4n) is 1.40. The predicted octanol–water partition coefficient (Wildman–Crippen LogP) is -0.920. The fourth-order valence-corrected chi connectivity index (χ4v) is 2.40. The van der Waals surface area contributed by atoms with E-state index in [-0.39, 0.29) is 18.0 Å². The number of H-pyrrole nitrogens is 1. The number of aromatic nitrogens is 4. The Balaban J connectivity index is 2.10. The van der Waals surface area contributed by atoms with Crippen molar-refractivity contribution < 1.29 is 8.42 Å². The molecule has 9 heteroatoms. The molecule has 0 amide bonds. The highest BCUT2D eigenvalue weighted by Crippen LogP contribution is 2.10. The highest BCUT2D eigenvalue weighted by molar-refractivity contribution is 7.89. The molecule has 0 aliphatic heterocycles. The minimum Gasteiger partial charge on any atom is -0.363 e. The molecule has 2 rings (SSSR count). The summed E-state index contributed by atoms with van der Waals surface area (Å²) in [7, 11) is -1.82. The molecule has 2 heterocycles. The smallest absolute Gasteiger partial charge is 0.242 e. The van der Waals surface area contributed by atoms with Crippen LogP contribution in [-0.4, -0.2) is 28.2 Å². The number of hydrogen-bond donors (Lipinski definition) is 3. The standard InChI is InChI=1S/C9H14N6O2S/c1-15-6-12-14-9(15)5-13-18(16,17)8-2-7(3-10)11-4-8/h2,4,6,11,13H,3,5,10H2,1H3. The molecule has 0 atom stereocenters. The lowest BCUT2D eigenvalue weighted by atomic mass is 10.4. The summed E-state index contributed by atoms with van der Waals surface area (Å²) in [6.07, 6.45) is 2.91. The van der Waals surface area contributed by atoms with Gasteiger partial charge in [-0.15, -0.1) is 10.2 Å². The summed E-state index contributed by atoms with van der Waals surface area (Å²) in [5.41, 5.74) is 6.07. The normalized spacial score (nSPS) is 11.9. The third kappa shape index (κ3) is 2.58. The topological polar surface area (TPSA) is 119 Å². The Morgan fingerprint density at radius 1 is 1.56 bits per heavy atom. The van der Waals surface area contributed by atoms with E-state index in [0.717, 1.165) is 0 Å². The molecule has 0 aliphatic rings. The van der Waals surface area contributed by atoms with Gasteiger partial charge < -0.3 is 15.3 Å². The molecule has 2 aromatic heterocycles. The van der Waals surface area contributed by atoms with Gasteiger partial charge in [-0.2, -0.15) is 0 Å². The van der Waals surface area contributed by atoms with E-state index < -0.39 is 10.0 Å². The molecule has 0 bridgehead atoms. The van der Waals surface area contributed by atoms with Crippen molar-refractivity contribution in [2.24, 2.45) is 12.8 Å². The largest absolute Gasteiger partial charge is 0.363 e. The summed E-state index contributed by atoms with van der Waals surface area (Å²) in [6.45, 7) is 0.348. The summed E-state index contributed by atoms with van der Waals surface area (Å²) in [5, 5.41) is 7.46. The van der Waals surface area contributed by atoms with Crippen LogP contribution in [0.1, 0.15) is 11.5 Å². The van der Waals surface area contributed by atoms with Crippen molar-refractivity contribution in [3.8, 4) is 0 Å². The van der Waals surface area contributed by atoms with E-state index in [9.17, 15) is 8.42 Å². The minimum absolute atomic E-state index is 0.0853. The first-order chi connectivity index (χ1) is 8.53. The average Bonchev–Trinajstić information content (AvgIpc) is 2.95. The zero-order valence-electron chi connectivity index (χ0n) is 9.79. The minimum atomic E-state index is -3.56. The van der Waals surface area contributed by atoms with Gasteiger partial charge in [-0.25, -0.2) is 13.1 Å². The summed E-state index contributed by atoms with van der Waals surface area (Å²) in [6, 6.07) is 1.50. The maximum absolute atomic E-state index is 11.9. The molecule has 98 valence electrons. The average molecular weight is 270 g/mol. The van der Waals surface area contributed by atoms with Crippen LogP contribution in [0, 0.1) is 0 Å². The molecule has 0 aromatic carbocycles. The first-order valence-electron chi connectivity index (χ1n) is 5.23. The van der Waals surface area contributed by atoms with Crippen LogP contribution in [0.4, 0.5) is 0 Å². The van der Waals surface area contributed by atoms with Gasteiger partial charge in [0, 0.05) is 25.5 Å². The van der Waals surface area contributed by atoms with Gasteiger partial charge in [0.25, 0.3) is 0 Å². The van der Waals surface area contributed by atoms with Crippen molar-refractivity contribution in [2.45, 2.75) is 18.0 Å². The van der Waals surface area contributed by atoms with Gasteiger partial charge in [0.15, 0.2) is 0 Å². The predicted molar refractivity (Wildman–Crippen MR) is 63.7 cm³/mol. The molecule has 0 radical (unpaired) electrons. The highest BCUT2D eigenvalue weighted by atomic mass is 32.2. The molecule has 4 N–H and O–H groups in total. The number of nitrogens with one attached hydrogen (secondary N) is 2. The Labute approximate surface area is 104 Å². The third-order valence-electron chi connectivity index (χ3n) is 2.47. The van der Waals surface area contributed by atoms with Crippen molar-refractivity contribution in [2.75, 3.05) is 0 Å². The molecule has 0 fully saturated rings. The van der Waals surface area contributed by atoms with Crippen molar-refractivity contribution >= 4 is 10.0 Å². The Morgan fingerprint density at radius 2 is 2.33 bits per heavy atom. The molecule has 0 saturated heterocycles. The Bertz CT molecular complexity index is 629.